The van der Waals surface area contributed by atoms with Crippen molar-refractivity contribution >= 4 is 22.2 Å². The van der Waals surface area contributed by atoms with Crippen LogP contribution in [0.25, 0.3) is 11.4 Å². The maximum atomic E-state index is 5.57. The van der Waals surface area contributed by atoms with E-state index in [4.69, 9.17) is 4.74 Å². The van der Waals surface area contributed by atoms with E-state index in [1.165, 1.54) is 37.0 Å². The predicted molar refractivity (Wildman–Crippen MR) is 114 cm³/mol. The summed E-state index contributed by atoms with van der Waals surface area (Å²) in [7, 11) is 1.68. The molecule has 0 bridgehead atoms. The highest BCUT2D eigenvalue weighted by molar-refractivity contribution is 7.15. The summed E-state index contributed by atoms with van der Waals surface area (Å²) in [5, 5.41) is 7.96. The van der Waals surface area contributed by atoms with E-state index < -0.39 is 0 Å². The Labute approximate surface area is 169 Å². The zero-order chi connectivity index (χ0) is 19.3. The lowest BCUT2D eigenvalue weighted by Crippen LogP contribution is -2.30. The molecule has 28 heavy (non-hydrogen) atoms. The summed E-state index contributed by atoms with van der Waals surface area (Å²) in [6.07, 6.45) is 10.5. The molecule has 1 aliphatic rings. The lowest BCUT2D eigenvalue weighted by atomic mass is 9.95. The van der Waals surface area contributed by atoms with Gasteiger partial charge in [0, 0.05) is 41.6 Å². The molecule has 0 saturated heterocycles. The number of methoxy groups -OCH3 is 1. The number of hydrogen-bond acceptors (Lipinski definition) is 6. The van der Waals surface area contributed by atoms with Gasteiger partial charge in [-0.15, -0.1) is 11.3 Å². The van der Waals surface area contributed by atoms with Crippen LogP contribution in [0.2, 0.25) is 0 Å². The smallest absolute Gasteiger partial charge is 0.187 e. The van der Waals surface area contributed by atoms with Crippen molar-refractivity contribution in [2.75, 3.05) is 12.4 Å². The number of aryl methyl sites for hydroxylation is 1. The number of aromatic nitrogens is 3. The first-order chi connectivity index (χ1) is 13.7. The van der Waals surface area contributed by atoms with Crippen molar-refractivity contribution in [1.29, 1.82) is 0 Å². The maximum Gasteiger partial charge on any atom is 0.187 e. The normalized spacial score (nSPS) is 14.9. The fourth-order valence-corrected chi connectivity index (χ4v) is 4.42. The number of imidazole rings is 1. The van der Waals surface area contributed by atoms with Crippen LogP contribution in [0.1, 0.15) is 42.7 Å². The second-order valence-corrected chi connectivity index (χ2v) is 8.39. The third-order valence-corrected chi connectivity index (χ3v) is 6.05. The van der Waals surface area contributed by atoms with Gasteiger partial charge in [0.25, 0.3) is 0 Å². The molecular weight excluding hydrogens is 370 g/mol. The molecule has 148 valence electrons. The van der Waals surface area contributed by atoms with Gasteiger partial charge >= 0.3 is 0 Å². The zero-order valence-corrected chi connectivity index (χ0v) is 17.2. The number of benzene rings is 1. The first-order valence-corrected chi connectivity index (χ1v) is 10.7. The van der Waals surface area contributed by atoms with E-state index in [9.17, 15) is 0 Å². The van der Waals surface area contributed by atoms with Crippen molar-refractivity contribution in [2.24, 2.45) is 0 Å². The minimum atomic E-state index is 0.661. The molecule has 2 aromatic heterocycles. The molecule has 1 aromatic carbocycles. The quantitative estimate of drug-likeness (QED) is 0.522. The van der Waals surface area contributed by atoms with Crippen molar-refractivity contribution in [1.82, 2.24) is 20.3 Å². The molecule has 7 heteroatoms. The number of anilines is 2. The highest BCUT2D eigenvalue weighted by Gasteiger charge is 2.14. The second kappa shape index (κ2) is 8.75. The van der Waals surface area contributed by atoms with Crippen molar-refractivity contribution in [3.63, 3.8) is 0 Å². The molecule has 1 aliphatic carbocycles. The van der Waals surface area contributed by atoms with Crippen LogP contribution in [0.4, 0.5) is 10.8 Å². The van der Waals surface area contributed by atoms with Gasteiger partial charge in [0.15, 0.2) is 5.13 Å². The van der Waals surface area contributed by atoms with Gasteiger partial charge in [-0.2, -0.15) is 0 Å². The number of nitrogens with zero attached hydrogens (tertiary/aromatic N) is 2. The Morgan fingerprint density at radius 1 is 1.25 bits per heavy atom. The fourth-order valence-electron chi connectivity index (χ4n) is 3.64. The molecule has 1 fully saturated rings. The number of nitrogens with one attached hydrogen (secondary N) is 3. The van der Waals surface area contributed by atoms with Gasteiger partial charge < -0.3 is 20.4 Å². The number of thiazole rings is 1. The highest BCUT2D eigenvalue weighted by Crippen LogP contribution is 2.32. The maximum absolute atomic E-state index is 5.57. The number of aromatic amines is 1. The Kier molecular flexibility index (Phi) is 5.92. The molecule has 6 nitrogen and oxygen atoms in total. The van der Waals surface area contributed by atoms with Crippen LogP contribution in [-0.4, -0.2) is 28.1 Å². The number of rotatable bonds is 7. The van der Waals surface area contributed by atoms with Crippen LogP contribution in [-0.2, 0) is 6.54 Å². The van der Waals surface area contributed by atoms with Gasteiger partial charge in [-0.3, -0.25) is 0 Å². The summed E-state index contributed by atoms with van der Waals surface area (Å²) in [5.74, 6) is 1.58. The van der Waals surface area contributed by atoms with Crippen LogP contribution in [0, 0.1) is 6.92 Å². The largest absolute Gasteiger partial charge is 0.496 e. The summed E-state index contributed by atoms with van der Waals surface area (Å²) in [6, 6.07) is 6.68. The molecule has 0 radical (unpaired) electrons. The molecule has 3 aromatic rings. The van der Waals surface area contributed by atoms with E-state index in [0.717, 1.165) is 40.2 Å². The van der Waals surface area contributed by atoms with E-state index in [0.29, 0.717) is 6.04 Å². The molecule has 2 heterocycles. The third-order valence-electron chi connectivity index (χ3n) is 5.14. The predicted octanol–water partition coefficient (Wildman–Crippen LogP) is 5.02. The highest BCUT2D eigenvalue weighted by atomic mass is 32.1. The van der Waals surface area contributed by atoms with Gasteiger partial charge in [0.2, 0.25) is 0 Å². The second-order valence-electron chi connectivity index (χ2n) is 7.28. The lowest BCUT2D eigenvalue weighted by Gasteiger charge is -2.22. The van der Waals surface area contributed by atoms with Crippen LogP contribution in [0.5, 0.6) is 5.75 Å². The molecule has 3 N–H and O–H groups in total. The van der Waals surface area contributed by atoms with Gasteiger partial charge in [-0.25, -0.2) is 9.97 Å². The van der Waals surface area contributed by atoms with E-state index in [2.05, 4.69) is 25.6 Å². The molecular formula is C21H27N5OS. The van der Waals surface area contributed by atoms with Crippen LogP contribution in [0.3, 0.4) is 0 Å². The van der Waals surface area contributed by atoms with Crippen LogP contribution >= 0.6 is 11.3 Å². The molecule has 4 rings (SSSR count). The molecule has 0 amide bonds. The summed E-state index contributed by atoms with van der Waals surface area (Å²) >= 11 is 1.69. The van der Waals surface area contributed by atoms with Gasteiger partial charge in [-0.05, 0) is 31.9 Å². The molecule has 0 unspecified atom stereocenters. The number of ether oxygens (including phenoxy) is 1. The Morgan fingerprint density at radius 3 is 2.86 bits per heavy atom. The van der Waals surface area contributed by atoms with E-state index >= 15 is 0 Å². The summed E-state index contributed by atoms with van der Waals surface area (Å²) < 4.78 is 5.57. The molecule has 0 aliphatic heterocycles. The van der Waals surface area contributed by atoms with Gasteiger partial charge in [-0.1, -0.05) is 19.3 Å². The molecule has 0 atom stereocenters. The van der Waals surface area contributed by atoms with Crippen molar-refractivity contribution < 1.29 is 4.74 Å². The first-order valence-electron chi connectivity index (χ1n) is 9.87. The van der Waals surface area contributed by atoms with E-state index in [1.54, 1.807) is 18.4 Å². The monoisotopic (exact) mass is 397 g/mol. The Morgan fingerprint density at radius 2 is 2.11 bits per heavy atom. The number of H-pyrrole nitrogens is 1. The average molecular weight is 398 g/mol. The molecule has 1 saturated carbocycles. The summed E-state index contributed by atoms with van der Waals surface area (Å²) in [4.78, 5) is 13.4. The Balaban J connectivity index is 1.40. The summed E-state index contributed by atoms with van der Waals surface area (Å²) in [5.41, 5.74) is 2.85. The summed E-state index contributed by atoms with van der Waals surface area (Å²) in [6.45, 7) is 2.86. The van der Waals surface area contributed by atoms with E-state index in [-0.39, 0.29) is 0 Å². The minimum Gasteiger partial charge on any atom is -0.496 e. The average Bonchev–Trinajstić information content (AvgIpc) is 3.36. The van der Waals surface area contributed by atoms with Gasteiger partial charge in [0.1, 0.15) is 11.6 Å². The van der Waals surface area contributed by atoms with Crippen LogP contribution < -0.4 is 15.4 Å². The van der Waals surface area contributed by atoms with Crippen molar-refractivity contribution in [2.45, 2.75) is 51.6 Å². The van der Waals surface area contributed by atoms with Crippen molar-refractivity contribution in [3.05, 3.63) is 41.2 Å². The topological polar surface area (TPSA) is 74.9 Å². The third kappa shape index (κ3) is 4.54. The van der Waals surface area contributed by atoms with E-state index in [1.807, 2.05) is 37.5 Å². The minimum absolute atomic E-state index is 0.661. The zero-order valence-electron chi connectivity index (χ0n) is 16.4. The van der Waals surface area contributed by atoms with Crippen molar-refractivity contribution in [3.8, 4) is 17.1 Å². The van der Waals surface area contributed by atoms with Gasteiger partial charge in [0.05, 0.1) is 18.4 Å². The SMILES string of the molecule is COc1cc(Nc2ncc(CNC3CCCCC3)s2)ccc1-c1nc(C)c[nH]1. The number of hydrogen-bond donors (Lipinski definition) is 3. The standard InChI is InChI=1S/C21H27N5OS/c1-14-11-23-20(25-14)18-9-8-16(10-19(18)27-2)26-21-24-13-17(28-21)12-22-15-6-4-3-5-7-15/h8-11,13,15,22H,3-7,12H2,1-2H3,(H,23,25)(H,24,26). The fraction of sp³-hybridized carbons (Fsp3) is 0.429. The Bertz CT molecular complexity index is 913. The molecule has 0 spiro atoms. The lowest BCUT2D eigenvalue weighted by molar-refractivity contribution is 0.373. The van der Waals surface area contributed by atoms with Crippen LogP contribution in [0.15, 0.2) is 30.6 Å². The first kappa shape index (κ1) is 19.0. The Hall–Kier alpha value is -2.38.